The van der Waals surface area contributed by atoms with Crippen molar-refractivity contribution in [3.8, 4) is 0 Å². The number of non-ortho nitro benzene ring substituents is 1. The highest BCUT2D eigenvalue weighted by Gasteiger charge is 2.28. The minimum Gasteiger partial charge on any atom is -0.462 e. The molecule has 1 amide bonds. The summed E-state index contributed by atoms with van der Waals surface area (Å²) in [4.78, 5) is 35.0. The van der Waals surface area contributed by atoms with E-state index in [4.69, 9.17) is 9.47 Å². The highest BCUT2D eigenvalue weighted by molar-refractivity contribution is 6.01. The average Bonchev–Trinajstić information content (AvgIpc) is 3.30. The first-order chi connectivity index (χ1) is 11.8. The van der Waals surface area contributed by atoms with Crippen molar-refractivity contribution in [3.63, 3.8) is 0 Å². The number of nitro benzene ring substituents is 1. The lowest BCUT2D eigenvalue weighted by atomic mass is 9.96. The number of nitrogens with one attached hydrogen (secondary N) is 1. The monoisotopic (exact) mass is 350 g/mol. The van der Waals surface area contributed by atoms with E-state index in [1.165, 1.54) is 6.07 Å². The minimum atomic E-state index is -0.732. The third kappa shape index (κ3) is 5.17. The van der Waals surface area contributed by atoms with E-state index < -0.39 is 17.0 Å². The number of ether oxygens (including phenoxy) is 2. The molecule has 1 fully saturated rings. The quantitative estimate of drug-likeness (QED) is 0.456. The smallest absolute Gasteiger partial charge is 0.411 e. The van der Waals surface area contributed by atoms with E-state index in [9.17, 15) is 19.7 Å². The highest BCUT2D eigenvalue weighted by atomic mass is 16.6. The molecule has 0 bridgehead atoms. The Morgan fingerprint density at radius 3 is 2.56 bits per heavy atom. The molecule has 1 saturated carbocycles. The molecule has 2 rings (SSSR count). The van der Waals surface area contributed by atoms with Gasteiger partial charge in [0.05, 0.1) is 22.8 Å². The van der Waals surface area contributed by atoms with Crippen LogP contribution in [-0.2, 0) is 15.9 Å². The number of rotatable bonds is 7. The fraction of sp³-hybridized carbons (Fsp3) is 0.529. The number of nitro groups is 1. The van der Waals surface area contributed by atoms with Gasteiger partial charge in [-0.1, -0.05) is 13.8 Å². The van der Waals surface area contributed by atoms with Gasteiger partial charge in [-0.05, 0) is 37.7 Å². The van der Waals surface area contributed by atoms with Crippen molar-refractivity contribution in [1.82, 2.24) is 0 Å². The largest absolute Gasteiger partial charge is 0.462 e. The molecule has 8 heteroatoms. The second-order valence-corrected chi connectivity index (χ2v) is 6.33. The van der Waals surface area contributed by atoms with E-state index >= 15 is 0 Å². The van der Waals surface area contributed by atoms with E-state index in [-0.39, 0.29) is 35.6 Å². The predicted molar refractivity (Wildman–Crippen MR) is 90.7 cm³/mol. The van der Waals surface area contributed by atoms with Gasteiger partial charge in [0.1, 0.15) is 6.10 Å². The summed E-state index contributed by atoms with van der Waals surface area (Å²) in [5, 5.41) is 13.7. The molecule has 0 saturated heterocycles. The van der Waals surface area contributed by atoms with Crippen LogP contribution < -0.4 is 5.32 Å². The van der Waals surface area contributed by atoms with Crippen LogP contribution in [0.5, 0.6) is 0 Å². The standard InChI is InChI=1S/C17H22N2O6/c1-4-24-16(20)15-11(7-10(2)3)8-12(19(22)23)9-14(15)18-17(21)25-13-5-6-13/h8-10,13H,4-7H2,1-3H3,(H,18,21). The number of hydrogen-bond acceptors (Lipinski definition) is 6. The Morgan fingerprint density at radius 2 is 2.04 bits per heavy atom. The number of benzene rings is 1. The molecular weight excluding hydrogens is 328 g/mol. The van der Waals surface area contributed by atoms with Gasteiger partial charge in [-0.25, -0.2) is 9.59 Å². The fourth-order valence-corrected chi connectivity index (χ4v) is 2.41. The van der Waals surface area contributed by atoms with Crippen LogP contribution in [0.3, 0.4) is 0 Å². The SMILES string of the molecule is CCOC(=O)c1c(CC(C)C)cc([N+](=O)[O-])cc1NC(=O)OC1CC1. The Kier molecular flexibility index (Phi) is 5.95. The van der Waals surface area contributed by atoms with Gasteiger partial charge in [-0.2, -0.15) is 0 Å². The number of nitrogens with zero attached hydrogens (tertiary/aromatic N) is 1. The maximum atomic E-state index is 12.4. The van der Waals surface area contributed by atoms with Crippen LogP contribution >= 0.6 is 0 Å². The van der Waals surface area contributed by atoms with Crippen LogP contribution in [0, 0.1) is 16.0 Å². The van der Waals surface area contributed by atoms with Gasteiger partial charge in [0, 0.05) is 12.1 Å². The van der Waals surface area contributed by atoms with Crippen molar-refractivity contribution in [3.05, 3.63) is 33.4 Å². The Balaban J connectivity index is 2.45. The molecule has 0 radical (unpaired) electrons. The van der Waals surface area contributed by atoms with Gasteiger partial charge in [0.25, 0.3) is 5.69 Å². The van der Waals surface area contributed by atoms with Gasteiger partial charge in [-0.3, -0.25) is 15.4 Å². The summed E-state index contributed by atoms with van der Waals surface area (Å²) in [5.74, 6) is -0.476. The molecule has 25 heavy (non-hydrogen) atoms. The topological polar surface area (TPSA) is 108 Å². The maximum absolute atomic E-state index is 12.4. The van der Waals surface area contributed by atoms with Crippen molar-refractivity contribution >= 4 is 23.4 Å². The summed E-state index contributed by atoms with van der Waals surface area (Å²) < 4.78 is 10.2. The fourth-order valence-electron chi connectivity index (χ4n) is 2.41. The molecule has 8 nitrogen and oxygen atoms in total. The van der Waals surface area contributed by atoms with Crippen LogP contribution in [0.15, 0.2) is 12.1 Å². The van der Waals surface area contributed by atoms with E-state index in [1.54, 1.807) is 6.92 Å². The van der Waals surface area contributed by atoms with Gasteiger partial charge < -0.3 is 9.47 Å². The minimum absolute atomic E-state index is 0.0361. The van der Waals surface area contributed by atoms with Gasteiger partial charge in [0.15, 0.2) is 0 Å². The molecule has 1 aliphatic carbocycles. The summed E-state index contributed by atoms with van der Waals surface area (Å²) in [7, 11) is 0. The van der Waals surface area contributed by atoms with Crippen molar-refractivity contribution in [2.75, 3.05) is 11.9 Å². The van der Waals surface area contributed by atoms with E-state index in [0.29, 0.717) is 12.0 Å². The number of hydrogen-bond donors (Lipinski definition) is 1. The number of carbonyl (C=O) groups is 2. The van der Waals surface area contributed by atoms with Gasteiger partial charge in [-0.15, -0.1) is 0 Å². The highest BCUT2D eigenvalue weighted by Crippen LogP contribution is 2.31. The summed E-state index contributed by atoms with van der Waals surface area (Å²) in [6, 6.07) is 2.51. The van der Waals surface area contributed by atoms with Gasteiger partial charge >= 0.3 is 12.1 Å². The Hall–Kier alpha value is -2.64. The number of anilines is 1. The van der Waals surface area contributed by atoms with Gasteiger partial charge in [0.2, 0.25) is 0 Å². The Labute approximate surface area is 145 Å². The van der Waals surface area contributed by atoms with Crippen LogP contribution in [0.2, 0.25) is 0 Å². The molecule has 0 unspecified atom stereocenters. The van der Waals surface area contributed by atoms with Crippen LogP contribution in [-0.4, -0.2) is 29.7 Å². The second-order valence-electron chi connectivity index (χ2n) is 6.33. The van der Waals surface area contributed by atoms with Crippen molar-refractivity contribution in [2.24, 2.45) is 5.92 Å². The molecule has 0 aliphatic heterocycles. The number of amides is 1. The summed E-state index contributed by atoms with van der Waals surface area (Å²) in [6.45, 7) is 5.69. The zero-order valence-electron chi connectivity index (χ0n) is 14.5. The third-order valence-corrected chi connectivity index (χ3v) is 3.56. The first-order valence-electron chi connectivity index (χ1n) is 8.27. The molecule has 136 valence electrons. The molecule has 1 aromatic rings. The lowest BCUT2D eigenvalue weighted by Crippen LogP contribution is -2.20. The zero-order chi connectivity index (χ0) is 18.6. The zero-order valence-corrected chi connectivity index (χ0v) is 14.5. The molecule has 1 N–H and O–H groups in total. The van der Waals surface area contributed by atoms with E-state index in [1.807, 2.05) is 13.8 Å². The molecule has 0 aromatic heterocycles. The first-order valence-corrected chi connectivity index (χ1v) is 8.27. The van der Waals surface area contributed by atoms with Crippen LogP contribution in [0.25, 0.3) is 0 Å². The summed E-state index contributed by atoms with van der Waals surface area (Å²) >= 11 is 0. The molecular formula is C17H22N2O6. The summed E-state index contributed by atoms with van der Waals surface area (Å²) in [6.07, 6.45) is 1.17. The van der Waals surface area contributed by atoms with Crippen molar-refractivity contribution in [1.29, 1.82) is 0 Å². The molecule has 0 atom stereocenters. The average molecular weight is 350 g/mol. The molecule has 1 aliphatic rings. The lowest BCUT2D eigenvalue weighted by molar-refractivity contribution is -0.384. The lowest BCUT2D eigenvalue weighted by Gasteiger charge is -2.16. The van der Waals surface area contributed by atoms with Crippen molar-refractivity contribution in [2.45, 2.75) is 46.1 Å². The second kappa shape index (κ2) is 7.96. The summed E-state index contributed by atoms with van der Waals surface area (Å²) in [5.41, 5.74) is 0.428. The van der Waals surface area contributed by atoms with E-state index in [0.717, 1.165) is 18.9 Å². The number of esters is 1. The first kappa shape index (κ1) is 18.7. The van der Waals surface area contributed by atoms with Crippen molar-refractivity contribution < 1.29 is 24.0 Å². The normalized spacial score (nSPS) is 13.4. The molecule has 0 heterocycles. The maximum Gasteiger partial charge on any atom is 0.411 e. The third-order valence-electron chi connectivity index (χ3n) is 3.56. The Morgan fingerprint density at radius 1 is 1.36 bits per heavy atom. The van der Waals surface area contributed by atoms with E-state index in [2.05, 4.69) is 5.32 Å². The van der Waals surface area contributed by atoms with Crippen LogP contribution in [0.1, 0.15) is 49.5 Å². The Bertz CT molecular complexity index is 682. The van der Waals surface area contributed by atoms with Crippen LogP contribution in [0.4, 0.5) is 16.2 Å². The number of carbonyl (C=O) groups excluding carboxylic acids is 2. The molecule has 0 spiro atoms. The predicted octanol–water partition coefficient (Wildman–Crippen LogP) is 3.68. The molecule has 1 aromatic carbocycles.